The summed E-state index contributed by atoms with van der Waals surface area (Å²) in [4.78, 5) is 0. The molecule has 13 atom stereocenters. The van der Waals surface area contributed by atoms with E-state index in [2.05, 4.69) is 20.8 Å². The smallest absolute Gasteiger partial charge is 0.0602 e. The second-order valence-corrected chi connectivity index (χ2v) is 12.8. The van der Waals surface area contributed by atoms with Gasteiger partial charge in [-0.05, 0) is 104 Å². The molecule has 0 radical (unpaired) electrons. The molecule has 4 fully saturated rings. The van der Waals surface area contributed by atoms with E-state index in [1.807, 2.05) is 6.92 Å². The Bertz CT molecular complexity index is 656. The first-order chi connectivity index (χ1) is 15.0. The zero-order valence-electron chi connectivity index (χ0n) is 20.7. The molecule has 186 valence electrons. The first kappa shape index (κ1) is 24.9. The van der Waals surface area contributed by atoms with Crippen molar-refractivity contribution in [3.63, 3.8) is 0 Å². The number of fused-ring (bicyclic) bond motifs is 5. The second-order valence-electron chi connectivity index (χ2n) is 12.8. The largest absolute Gasteiger partial charge is 0.396 e. The summed E-state index contributed by atoms with van der Waals surface area (Å²) in [6.45, 7) is 8.82. The molecule has 4 unspecified atom stereocenters. The van der Waals surface area contributed by atoms with Gasteiger partial charge in [0.15, 0.2) is 0 Å². The van der Waals surface area contributed by atoms with Crippen LogP contribution in [0.4, 0.5) is 0 Å². The van der Waals surface area contributed by atoms with Crippen LogP contribution < -0.4 is 0 Å². The molecule has 5 nitrogen and oxygen atoms in total. The molecule has 0 heterocycles. The zero-order valence-corrected chi connectivity index (χ0v) is 20.7. The van der Waals surface area contributed by atoms with Crippen molar-refractivity contribution in [2.45, 2.75) is 110 Å². The van der Waals surface area contributed by atoms with Crippen LogP contribution in [0.15, 0.2) is 0 Å². The topological polar surface area (TPSA) is 101 Å². The Balaban J connectivity index is 1.53. The maximum atomic E-state index is 11.6. The van der Waals surface area contributed by atoms with Crippen LogP contribution in [0.1, 0.15) is 85.5 Å². The van der Waals surface area contributed by atoms with E-state index in [1.165, 1.54) is 0 Å². The van der Waals surface area contributed by atoms with Gasteiger partial charge in [0.05, 0.1) is 24.4 Å². The zero-order chi connectivity index (χ0) is 23.4. The van der Waals surface area contributed by atoms with Crippen LogP contribution in [-0.2, 0) is 0 Å². The first-order valence-electron chi connectivity index (χ1n) is 13.4. The van der Waals surface area contributed by atoms with Gasteiger partial charge in [0.2, 0.25) is 0 Å². The standard InChI is InChI=1S/C27H48O5/c1-15(5-8-22(30)16(2)14-28)19-6-7-20-25-21(13-24(32)27(19,20)4)26(3)10-9-18(29)11-17(26)12-23(25)31/h15-25,28-32H,5-14H2,1-4H3/t15-,16+,17?,18?,19-,20+,21+,22-,23?,24?,25+,26+,27-/m1/s1. The van der Waals surface area contributed by atoms with Gasteiger partial charge < -0.3 is 25.5 Å². The predicted molar refractivity (Wildman–Crippen MR) is 125 cm³/mol. The summed E-state index contributed by atoms with van der Waals surface area (Å²) in [5.74, 6) is 1.96. The summed E-state index contributed by atoms with van der Waals surface area (Å²) in [5.41, 5.74) is -0.0772. The number of hydrogen-bond acceptors (Lipinski definition) is 5. The third kappa shape index (κ3) is 3.88. The summed E-state index contributed by atoms with van der Waals surface area (Å²) < 4.78 is 0. The van der Waals surface area contributed by atoms with Crippen molar-refractivity contribution in [1.82, 2.24) is 0 Å². The SMILES string of the molecule is C[C@H](CC[C@@H](O)[C@@H](C)CO)[C@H]1CC[C@H]2[C@@H]3C(O)CC4CC(O)CC[C@]4(C)[C@H]3CC(O)[C@]12C. The van der Waals surface area contributed by atoms with Crippen LogP contribution in [0.5, 0.6) is 0 Å². The highest BCUT2D eigenvalue weighted by atomic mass is 16.3. The summed E-state index contributed by atoms with van der Waals surface area (Å²) in [6, 6.07) is 0. The lowest BCUT2D eigenvalue weighted by molar-refractivity contribution is -0.207. The Morgan fingerprint density at radius 2 is 1.62 bits per heavy atom. The quantitative estimate of drug-likeness (QED) is 0.425. The lowest BCUT2D eigenvalue weighted by Gasteiger charge is -2.63. The van der Waals surface area contributed by atoms with Crippen LogP contribution in [0.25, 0.3) is 0 Å². The lowest BCUT2D eigenvalue weighted by Crippen LogP contribution is -2.62. The van der Waals surface area contributed by atoms with Gasteiger partial charge in [0.25, 0.3) is 0 Å². The molecule has 0 saturated heterocycles. The van der Waals surface area contributed by atoms with Crippen LogP contribution in [-0.4, -0.2) is 56.6 Å². The highest BCUT2D eigenvalue weighted by molar-refractivity contribution is 5.14. The van der Waals surface area contributed by atoms with Crippen molar-refractivity contribution >= 4 is 0 Å². The number of hydrogen-bond donors (Lipinski definition) is 5. The van der Waals surface area contributed by atoms with Gasteiger partial charge >= 0.3 is 0 Å². The number of aliphatic hydroxyl groups is 5. The highest BCUT2D eigenvalue weighted by Crippen LogP contribution is 2.68. The molecule has 4 saturated carbocycles. The van der Waals surface area contributed by atoms with Crippen LogP contribution in [0, 0.1) is 52.3 Å². The molecule has 0 aromatic heterocycles. The van der Waals surface area contributed by atoms with Crippen LogP contribution >= 0.6 is 0 Å². The monoisotopic (exact) mass is 452 g/mol. The summed E-state index contributed by atoms with van der Waals surface area (Å²) in [5, 5.41) is 52.9. The van der Waals surface area contributed by atoms with Crippen molar-refractivity contribution < 1.29 is 25.5 Å². The van der Waals surface area contributed by atoms with E-state index in [1.54, 1.807) is 0 Å². The molecule has 0 aromatic rings. The Kier molecular flexibility index (Phi) is 7.09. The van der Waals surface area contributed by atoms with Gasteiger partial charge in [-0.15, -0.1) is 0 Å². The summed E-state index contributed by atoms with van der Waals surface area (Å²) >= 11 is 0. The number of aliphatic hydroxyl groups excluding tert-OH is 5. The molecule has 0 spiro atoms. The van der Waals surface area contributed by atoms with E-state index < -0.39 is 6.10 Å². The van der Waals surface area contributed by atoms with Gasteiger partial charge in [-0.2, -0.15) is 0 Å². The molecular weight excluding hydrogens is 404 g/mol. The average molecular weight is 453 g/mol. The molecule has 4 aliphatic rings. The maximum absolute atomic E-state index is 11.6. The Morgan fingerprint density at radius 3 is 2.31 bits per heavy atom. The van der Waals surface area contributed by atoms with Gasteiger partial charge in [-0.3, -0.25) is 0 Å². The Hall–Kier alpha value is -0.200. The van der Waals surface area contributed by atoms with Crippen molar-refractivity contribution in [3.05, 3.63) is 0 Å². The number of rotatable bonds is 6. The fourth-order valence-electron chi connectivity index (χ4n) is 9.17. The summed E-state index contributed by atoms with van der Waals surface area (Å²) in [6.07, 6.45) is 6.54. The third-order valence-electron chi connectivity index (χ3n) is 11.4. The minimum absolute atomic E-state index is 0.00915. The van der Waals surface area contributed by atoms with E-state index in [-0.39, 0.29) is 47.6 Å². The average Bonchev–Trinajstić information content (AvgIpc) is 3.11. The Morgan fingerprint density at radius 1 is 0.906 bits per heavy atom. The second kappa shape index (κ2) is 9.11. The van der Waals surface area contributed by atoms with Gasteiger partial charge in [0.1, 0.15) is 0 Å². The third-order valence-corrected chi connectivity index (χ3v) is 11.4. The van der Waals surface area contributed by atoms with Crippen molar-refractivity contribution in [2.24, 2.45) is 52.3 Å². The molecule has 0 bridgehead atoms. The van der Waals surface area contributed by atoms with E-state index in [9.17, 15) is 25.5 Å². The minimum atomic E-state index is -0.480. The van der Waals surface area contributed by atoms with E-state index in [0.717, 1.165) is 51.4 Å². The molecule has 0 amide bonds. The Labute approximate surface area is 194 Å². The van der Waals surface area contributed by atoms with Crippen LogP contribution in [0.2, 0.25) is 0 Å². The fraction of sp³-hybridized carbons (Fsp3) is 1.00. The normalized spacial score (nSPS) is 51.3. The van der Waals surface area contributed by atoms with E-state index in [4.69, 9.17) is 0 Å². The van der Waals surface area contributed by atoms with Crippen molar-refractivity contribution in [1.29, 1.82) is 0 Å². The van der Waals surface area contributed by atoms with E-state index >= 15 is 0 Å². The van der Waals surface area contributed by atoms with E-state index in [0.29, 0.717) is 36.0 Å². The summed E-state index contributed by atoms with van der Waals surface area (Å²) in [7, 11) is 0. The molecule has 0 aliphatic heterocycles. The van der Waals surface area contributed by atoms with Crippen molar-refractivity contribution in [3.8, 4) is 0 Å². The first-order valence-corrected chi connectivity index (χ1v) is 13.4. The van der Waals surface area contributed by atoms with Gasteiger partial charge in [-0.25, -0.2) is 0 Å². The maximum Gasteiger partial charge on any atom is 0.0602 e. The predicted octanol–water partition coefficient (Wildman–Crippen LogP) is 3.35. The van der Waals surface area contributed by atoms with Gasteiger partial charge in [-0.1, -0.05) is 27.7 Å². The highest BCUT2D eigenvalue weighted by Gasteiger charge is 2.65. The molecule has 4 aliphatic carbocycles. The molecule has 0 aromatic carbocycles. The molecule has 5 heteroatoms. The molecular formula is C27H48O5. The van der Waals surface area contributed by atoms with Crippen molar-refractivity contribution in [2.75, 3.05) is 6.61 Å². The lowest BCUT2D eigenvalue weighted by atomic mass is 9.43. The molecule has 32 heavy (non-hydrogen) atoms. The molecule has 5 N–H and O–H groups in total. The van der Waals surface area contributed by atoms with Crippen LogP contribution in [0.3, 0.4) is 0 Å². The minimum Gasteiger partial charge on any atom is -0.396 e. The van der Waals surface area contributed by atoms with Gasteiger partial charge in [0, 0.05) is 12.5 Å². The fourth-order valence-corrected chi connectivity index (χ4v) is 9.17. The molecule has 4 rings (SSSR count).